The Bertz CT molecular complexity index is 466. The standard InChI is InChI=1S/C17H29N3O2/c1-4-13-11-15(22-19-13)12-20(3)16(5-2)17(21)18-14-9-7-6-8-10-14/h11,14,16H,4-10,12H2,1-3H3,(H,18,21)/t16-/m1/s1. The molecule has 5 nitrogen and oxygen atoms in total. The molecule has 0 saturated heterocycles. The number of rotatable bonds is 7. The summed E-state index contributed by atoms with van der Waals surface area (Å²) < 4.78 is 5.33. The molecule has 1 N–H and O–H groups in total. The highest BCUT2D eigenvalue weighted by atomic mass is 16.5. The molecule has 0 bridgehead atoms. The van der Waals surface area contributed by atoms with E-state index in [0.717, 1.165) is 37.1 Å². The number of carbonyl (C=O) groups is 1. The first-order chi connectivity index (χ1) is 10.6. The van der Waals surface area contributed by atoms with Gasteiger partial charge in [-0.05, 0) is 32.7 Å². The molecule has 1 aliphatic rings. The number of nitrogens with one attached hydrogen (secondary N) is 1. The van der Waals surface area contributed by atoms with E-state index in [4.69, 9.17) is 4.52 Å². The summed E-state index contributed by atoms with van der Waals surface area (Å²) >= 11 is 0. The van der Waals surface area contributed by atoms with E-state index in [1.807, 2.05) is 13.1 Å². The van der Waals surface area contributed by atoms with Crippen molar-refractivity contribution in [1.82, 2.24) is 15.4 Å². The second kappa shape index (κ2) is 8.32. The summed E-state index contributed by atoms with van der Waals surface area (Å²) in [6.07, 6.45) is 7.66. The third-order valence-corrected chi connectivity index (χ3v) is 4.55. The van der Waals surface area contributed by atoms with Gasteiger partial charge < -0.3 is 9.84 Å². The van der Waals surface area contributed by atoms with Crippen LogP contribution >= 0.6 is 0 Å². The number of hydrogen-bond acceptors (Lipinski definition) is 4. The molecule has 1 amide bonds. The lowest BCUT2D eigenvalue weighted by Crippen LogP contribution is -2.48. The normalized spacial score (nSPS) is 17.6. The van der Waals surface area contributed by atoms with Crippen LogP contribution in [-0.2, 0) is 17.8 Å². The fraction of sp³-hybridized carbons (Fsp3) is 0.765. The molecule has 1 aromatic rings. The van der Waals surface area contributed by atoms with E-state index < -0.39 is 0 Å². The molecule has 0 radical (unpaired) electrons. The molecule has 1 aromatic heterocycles. The molecule has 22 heavy (non-hydrogen) atoms. The molecule has 2 rings (SSSR count). The first-order valence-electron chi connectivity index (χ1n) is 8.59. The summed E-state index contributed by atoms with van der Waals surface area (Å²) in [5, 5.41) is 7.24. The van der Waals surface area contributed by atoms with Crippen molar-refractivity contribution < 1.29 is 9.32 Å². The minimum absolute atomic E-state index is 0.114. The van der Waals surface area contributed by atoms with Gasteiger partial charge in [0.2, 0.25) is 5.91 Å². The van der Waals surface area contributed by atoms with Gasteiger partial charge in [0.25, 0.3) is 0 Å². The third kappa shape index (κ3) is 4.57. The van der Waals surface area contributed by atoms with Gasteiger partial charge >= 0.3 is 0 Å². The highest BCUT2D eigenvalue weighted by Gasteiger charge is 2.25. The molecule has 5 heteroatoms. The molecule has 0 aliphatic heterocycles. The molecule has 124 valence electrons. The van der Waals surface area contributed by atoms with Crippen LogP contribution in [0.4, 0.5) is 0 Å². The molecule has 1 atom stereocenters. The number of nitrogens with zero attached hydrogens (tertiary/aromatic N) is 2. The Morgan fingerprint density at radius 2 is 2.14 bits per heavy atom. The van der Waals surface area contributed by atoms with Gasteiger partial charge in [-0.2, -0.15) is 0 Å². The maximum absolute atomic E-state index is 12.5. The average Bonchev–Trinajstić information content (AvgIpc) is 2.96. The fourth-order valence-corrected chi connectivity index (χ4v) is 3.19. The monoisotopic (exact) mass is 307 g/mol. The zero-order valence-electron chi connectivity index (χ0n) is 14.1. The van der Waals surface area contributed by atoms with Crippen LogP contribution < -0.4 is 5.32 Å². The van der Waals surface area contributed by atoms with E-state index >= 15 is 0 Å². The van der Waals surface area contributed by atoms with Gasteiger partial charge in [-0.3, -0.25) is 9.69 Å². The summed E-state index contributed by atoms with van der Waals surface area (Å²) in [5.74, 6) is 0.968. The first-order valence-corrected chi connectivity index (χ1v) is 8.59. The Labute approximate surface area is 133 Å². The van der Waals surface area contributed by atoms with Crippen LogP contribution in [0.3, 0.4) is 0 Å². The van der Waals surface area contributed by atoms with Crippen LogP contribution in [0.25, 0.3) is 0 Å². The highest BCUT2D eigenvalue weighted by molar-refractivity contribution is 5.81. The summed E-state index contributed by atoms with van der Waals surface area (Å²) in [5.41, 5.74) is 0.961. The van der Waals surface area contributed by atoms with Crippen molar-refractivity contribution in [1.29, 1.82) is 0 Å². The van der Waals surface area contributed by atoms with E-state index in [2.05, 4.69) is 29.2 Å². The molecular weight excluding hydrogens is 278 g/mol. The van der Waals surface area contributed by atoms with Crippen molar-refractivity contribution in [2.24, 2.45) is 0 Å². The SMILES string of the molecule is CCc1cc(CN(C)[C@H](CC)C(=O)NC2CCCCC2)on1. The van der Waals surface area contributed by atoms with E-state index in [1.165, 1.54) is 19.3 Å². The van der Waals surface area contributed by atoms with Crippen LogP contribution in [-0.4, -0.2) is 35.1 Å². The Hall–Kier alpha value is -1.36. The fourth-order valence-electron chi connectivity index (χ4n) is 3.19. The second-order valence-corrected chi connectivity index (χ2v) is 6.32. The van der Waals surface area contributed by atoms with Crippen molar-refractivity contribution in [2.75, 3.05) is 7.05 Å². The third-order valence-electron chi connectivity index (χ3n) is 4.55. The van der Waals surface area contributed by atoms with Gasteiger partial charge in [-0.1, -0.05) is 38.3 Å². The first kappa shape index (κ1) is 17.0. The lowest BCUT2D eigenvalue weighted by atomic mass is 9.95. The van der Waals surface area contributed by atoms with Crippen molar-refractivity contribution in [3.63, 3.8) is 0 Å². The van der Waals surface area contributed by atoms with E-state index in [9.17, 15) is 4.79 Å². The molecule has 0 unspecified atom stereocenters. The minimum Gasteiger partial charge on any atom is -0.360 e. The zero-order chi connectivity index (χ0) is 15.9. The summed E-state index contributed by atoms with van der Waals surface area (Å²) in [4.78, 5) is 14.6. The summed E-state index contributed by atoms with van der Waals surface area (Å²) in [6, 6.07) is 2.22. The van der Waals surface area contributed by atoms with Gasteiger partial charge in [-0.15, -0.1) is 0 Å². The maximum atomic E-state index is 12.5. The van der Waals surface area contributed by atoms with Crippen LogP contribution in [0.2, 0.25) is 0 Å². The van der Waals surface area contributed by atoms with Gasteiger partial charge in [0, 0.05) is 12.1 Å². The smallest absolute Gasteiger partial charge is 0.237 e. The summed E-state index contributed by atoms with van der Waals surface area (Å²) in [6.45, 7) is 4.72. The quantitative estimate of drug-likeness (QED) is 0.841. The van der Waals surface area contributed by atoms with Crippen LogP contribution in [0, 0.1) is 0 Å². The average molecular weight is 307 g/mol. The van der Waals surface area contributed by atoms with E-state index in [0.29, 0.717) is 12.6 Å². The largest absolute Gasteiger partial charge is 0.360 e. The number of aryl methyl sites for hydroxylation is 1. The van der Waals surface area contributed by atoms with Gasteiger partial charge in [0.15, 0.2) is 5.76 Å². The number of carbonyl (C=O) groups excluding carboxylic acids is 1. The molecule has 0 aromatic carbocycles. The van der Waals surface area contributed by atoms with Gasteiger partial charge in [0.05, 0.1) is 18.3 Å². The number of aromatic nitrogens is 1. The lowest BCUT2D eigenvalue weighted by molar-refractivity contribution is -0.127. The van der Waals surface area contributed by atoms with Crippen LogP contribution in [0.1, 0.15) is 63.8 Å². The van der Waals surface area contributed by atoms with Gasteiger partial charge in [-0.25, -0.2) is 0 Å². The van der Waals surface area contributed by atoms with E-state index in [-0.39, 0.29) is 11.9 Å². The molecule has 1 saturated carbocycles. The Balaban J connectivity index is 1.89. The molecule has 0 spiro atoms. The highest BCUT2D eigenvalue weighted by Crippen LogP contribution is 2.18. The predicted octanol–water partition coefficient (Wildman–Crippen LogP) is 2.90. The minimum atomic E-state index is -0.114. The van der Waals surface area contributed by atoms with Crippen molar-refractivity contribution >= 4 is 5.91 Å². The van der Waals surface area contributed by atoms with Crippen molar-refractivity contribution in [2.45, 2.75) is 77.4 Å². The molecule has 1 fully saturated rings. The Morgan fingerprint density at radius 1 is 1.41 bits per heavy atom. The topological polar surface area (TPSA) is 58.4 Å². The molecule has 1 heterocycles. The van der Waals surface area contributed by atoms with Gasteiger partial charge in [0.1, 0.15) is 0 Å². The maximum Gasteiger partial charge on any atom is 0.237 e. The van der Waals surface area contributed by atoms with E-state index in [1.54, 1.807) is 0 Å². The lowest BCUT2D eigenvalue weighted by Gasteiger charge is -2.29. The number of amides is 1. The van der Waals surface area contributed by atoms with Crippen molar-refractivity contribution in [3.05, 3.63) is 17.5 Å². The molecule has 1 aliphatic carbocycles. The Morgan fingerprint density at radius 3 is 2.73 bits per heavy atom. The Kier molecular flexibility index (Phi) is 6.43. The predicted molar refractivity (Wildman–Crippen MR) is 86.4 cm³/mol. The molecular formula is C17H29N3O2. The van der Waals surface area contributed by atoms with Crippen LogP contribution in [0.5, 0.6) is 0 Å². The van der Waals surface area contributed by atoms with Crippen molar-refractivity contribution in [3.8, 4) is 0 Å². The summed E-state index contributed by atoms with van der Waals surface area (Å²) in [7, 11) is 1.97. The zero-order valence-corrected chi connectivity index (χ0v) is 14.1. The number of hydrogen-bond donors (Lipinski definition) is 1. The number of likely N-dealkylation sites (N-methyl/N-ethyl adjacent to an activating group) is 1. The van der Waals surface area contributed by atoms with Crippen LogP contribution in [0.15, 0.2) is 10.6 Å². The second-order valence-electron chi connectivity index (χ2n) is 6.32.